The largest absolute Gasteiger partial charge is 0.303 e. The van der Waals surface area contributed by atoms with E-state index in [0.717, 1.165) is 29.3 Å². The van der Waals surface area contributed by atoms with Gasteiger partial charge < -0.3 is 4.79 Å². The predicted molar refractivity (Wildman–Crippen MR) is 60.9 cm³/mol. The van der Waals surface area contributed by atoms with E-state index < -0.39 is 0 Å². The second-order valence-electron chi connectivity index (χ2n) is 3.65. The number of benzene rings is 1. The van der Waals surface area contributed by atoms with E-state index in [1.165, 1.54) is 5.56 Å². The summed E-state index contributed by atoms with van der Waals surface area (Å²) in [6.45, 7) is 1.98. The normalized spacial score (nSPS) is 10.5. The Morgan fingerprint density at radius 3 is 2.93 bits per heavy atom. The summed E-state index contributed by atoms with van der Waals surface area (Å²) in [5.74, 6) is 0. The Labute approximate surface area is 89.0 Å². The van der Waals surface area contributed by atoms with E-state index in [1.807, 2.05) is 25.1 Å². The minimum absolute atomic E-state index is 0.577. The van der Waals surface area contributed by atoms with Crippen molar-refractivity contribution >= 4 is 17.2 Å². The topological polar surface area (TPSA) is 30.0 Å². The van der Waals surface area contributed by atoms with E-state index in [-0.39, 0.29) is 0 Å². The summed E-state index contributed by atoms with van der Waals surface area (Å²) in [6.07, 6.45) is 2.34. The predicted octanol–water partition coefficient (Wildman–Crippen LogP) is 2.67. The number of aromatic nitrogens is 1. The standard InChI is InChI=1S/C13H13NO/c1-10-9-11(5-4-8-15)12-6-2-3-7-13(12)14-10/h2-3,6-9H,4-5H2,1H3. The Morgan fingerprint density at radius 2 is 2.13 bits per heavy atom. The number of aldehydes is 1. The lowest BCUT2D eigenvalue weighted by Gasteiger charge is -2.05. The number of hydrogen-bond acceptors (Lipinski definition) is 2. The van der Waals surface area contributed by atoms with Gasteiger partial charge in [-0.1, -0.05) is 18.2 Å². The molecule has 0 spiro atoms. The highest BCUT2D eigenvalue weighted by molar-refractivity contribution is 5.82. The van der Waals surface area contributed by atoms with E-state index in [4.69, 9.17) is 0 Å². The third-order valence-electron chi connectivity index (χ3n) is 2.46. The van der Waals surface area contributed by atoms with E-state index >= 15 is 0 Å². The van der Waals surface area contributed by atoms with Crippen molar-refractivity contribution in [2.24, 2.45) is 0 Å². The maximum atomic E-state index is 10.4. The molecule has 2 nitrogen and oxygen atoms in total. The fourth-order valence-corrected chi connectivity index (χ4v) is 1.82. The highest BCUT2D eigenvalue weighted by Gasteiger charge is 2.02. The second-order valence-corrected chi connectivity index (χ2v) is 3.65. The van der Waals surface area contributed by atoms with Gasteiger partial charge in [0.15, 0.2) is 0 Å². The Bertz CT molecular complexity index is 491. The molecule has 2 aromatic rings. The fraction of sp³-hybridized carbons (Fsp3) is 0.231. The molecule has 0 fully saturated rings. The minimum Gasteiger partial charge on any atom is -0.303 e. The first kappa shape index (κ1) is 9.84. The van der Waals surface area contributed by atoms with Crippen LogP contribution in [0.5, 0.6) is 0 Å². The van der Waals surface area contributed by atoms with Gasteiger partial charge in [-0.3, -0.25) is 4.98 Å². The van der Waals surface area contributed by atoms with Gasteiger partial charge in [-0.2, -0.15) is 0 Å². The summed E-state index contributed by atoms with van der Waals surface area (Å²) in [4.78, 5) is 14.8. The summed E-state index contributed by atoms with van der Waals surface area (Å²) in [6, 6.07) is 10.1. The van der Waals surface area contributed by atoms with Crippen LogP contribution in [0.3, 0.4) is 0 Å². The molecule has 0 aliphatic carbocycles. The summed E-state index contributed by atoms with van der Waals surface area (Å²) in [5.41, 5.74) is 3.23. The van der Waals surface area contributed by atoms with Crippen LogP contribution in [0.2, 0.25) is 0 Å². The summed E-state index contributed by atoms with van der Waals surface area (Å²) < 4.78 is 0. The molecular weight excluding hydrogens is 186 g/mol. The average molecular weight is 199 g/mol. The number of rotatable bonds is 3. The van der Waals surface area contributed by atoms with Crippen molar-refractivity contribution in [2.75, 3.05) is 0 Å². The Hall–Kier alpha value is -1.70. The number of para-hydroxylation sites is 1. The van der Waals surface area contributed by atoms with Crippen molar-refractivity contribution in [3.05, 3.63) is 41.6 Å². The molecule has 0 unspecified atom stereocenters. The Morgan fingerprint density at radius 1 is 1.33 bits per heavy atom. The molecule has 15 heavy (non-hydrogen) atoms. The molecule has 0 amide bonds. The van der Waals surface area contributed by atoms with Crippen molar-refractivity contribution in [1.82, 2.24) is 4.98 Å². The highest BCUT2D eigenvalue weighted by atomic mass is 16.1. The van der Waals surface area contributed by atoms with Crippen LogP contribution in [0.1, 0.15) is 17.7 Å². The number of aryl methyl sites for hydroxylation is 2. The van der Waals surface area contributed by atoms with Crippen LogP contribution in [-0.2, 0) is 11.2 Å². The number of carbonyl (C=O) groups excluding carboxylic acids is 1. The van der Waals surface area contributed by atoms with Crippen LogP contribution in [0.15, 0.2) is 30.3 Å². The number of carbonyl (C=O) groups is 1. The van der Waals surface area contributed by atoms with Crippen molar-refractivity contribution in [1.29, 1.82) is 0 Å². The molecule has 0 radical (unpaired) electrons. The van der Waals surface area contributed by atoms with Crippen LogP contribution in [-0.4, -0.2) is 11.3 Å². The van der Waals surface area contributed by atoms with Gasteiger partial charge in [0.1, 0.15) is 6.29 Å². The summed E-state index contributed by atoms with van der Waals surface area (Å²) in [5, 5.41) is 1.16. The van der Waals surface area contributed by atoms with Crippen LogP contribution >= 0.6 is 0 Å². The van der Waals surface area contributed by atoms with Crippen LogP contribution in [0, 0.1) is 6.92 Å². The number of nitrogens with zero attached hydrogens (tertiary/aromatic N) is 1. The van der Waals surface area contributed by atoms with E-state index in [1.54, 1.807) is 0 Å². The maximum Gasteiger partial charge on any atom is 0.120 e. The molecule has 1 heterocycles. The number of pyridine rings is 1. The second kappa shape index (κ2) is 4.22. The van der Waals surface area contributed by atoms with Gasteiger partial charge in [0.2, 0.25) is 0 Å². The molecule has 0 saturated carbocycles. The first-order valence-corrected chi connectivity index (χ1v) is 5.10. The zero-order valence-electron chi connectivity index (χ0n) is 8.73. The molecule has 2 heteroatoms. The minimum atomic E-state index is 0.577. The molecule has 1 aromatic heterocycles. The van der Waals surface area contributed by atoms with Crippen molar-refractivity contribution < 1.29 is 4.79 Å². The highest BCUT2D eigenvalue weighted by Crippen LogP contribution is 2.19. The molecule has 0 aliphatic heterocycles. The first-order valence-electron chi connectivity index (χ1n) is 5.10. The van der Waals surface area contributed by atoms with E-state index in [2.05, 4.69) is 17.1 Å². The Kier molecular flexibility index (Phi) is 2.77. The zero-order valence-corrected chi connectivity index (χ0v) is 8.73. The molecule has 0 saturated heterocycles. The molecule has 0 aliphatic rings. The fourth-order valence-electron chi connectivity index (χ4n) is 1.82. The third-order valence-corrected chi connectivity index (χ3v) is 2.46. The lowest BCUT2D eigenvalue weighted by molar-refractivity contribution is -0.107. The van der Waals surface area contributed by atoms with Crippen LogP contribution in [0.25, 0.3) is 10.9 Å². The molecule has 76 valence electrons. The van der Waals surface area contributed by atoms with Gasteiger partial charge in [-0.05, 0) is 31.0 Å². The van der Waals surface area contributed by atoms with Crippen LogP contribution in [0.4, 0.5) is 0 Å². The molecule has 0 bridgehead atoms. The molecule has 2 rings (SSSR count). The van der Waals surface area contributed by atoms with E-state index in [9.17, 15) is 4.79 Å². The van der Waals surface area contributed by atoms with Crippen molar-refractivity contribution in [3.63, 3.8) is 0 Å². The molecule has 0 atom stereocenters. The number of fused-ring (bicyclic) bond motifs is 1. The molecule has 1 aromatic carbocycles. The summed E-state index contributed by atoms with van der Waals surface area (Å²) >= 11 is 0. The third kappa shape index (κ3) is 2.04. The van der Waals surface area contributed by atoms with Gasteiger partial charge in [0.25, 0.3) is 0 Å². The van der Waals surface area contributed by atoms with Gasteiger partial charge in [-0.15, -0.1) is 0 Å². The number of hydrogen-bond donors (Lipinski definition) is 0. The smallest absolute Gasteiger partial charge is 0.120 e. The lowest BCUT2D eigenvalue weighted by Crippen LogP contribution is -1.92. The van der Waals surface area contributed by atoms with Crippen molar-refractivity contribution in [3.8, 4) is 0 Å². The first-order chi connectivity index (χ1) is 7.31. The zero-order chi connectivity index (χ0) is 10.7. The quantitative estimate of drug-likeness (QED) is 0.711. The van der Waals surface area contributed by atoms with Gasteiger partial charge in [-0.25, -0.2) is 0 Å². The monoisotopic (exact) mass is 199 g/mol. The molecule has 0 N–H and O–H groups in total. The molecular formula is C13H13NO. The lowest BCUT2D eigenvalue weighted by atomic mass is 10.0. The summed E-state index contributed by atoms with van der Waals surface area (Å²) in [7, 11) is 0. The van der Waals surface area contributed by atoms with Gasteiger partial charge >= 0.3 is 0 Å². The van der Waals surface area contributed by atoms with Crippen LogP contribution < -0.4 is 0 Å². The van der Waals surface area contributed by atoms with E-state index in [0.29, 0.717) is 6.42 Å². The van der Waals surface area contributed by atoms with Gasteiger partial charge in [0, 0.05) is 17.5 Å². The van der Waals surface area contributed by atoms with Gasteiger partial charge in [0.05, 0.1) is 5.52 Å². The maximum absolute atomic E-state index is 10.4. The average Bonchev–Trinajstić information content (AvgIpc) is 2.25. The SMILES string of the molecule is Cc1cc(CCC=O)c2ccccc2n1. The van der Waals surface area contributed by atoms with Crippen molar-refractivity contribution in [2.45, 2.75) is 19.8 Å². The Balaban J connectivity index is 2.55.